The van der Waals surface area contributed by atoms with Crippen molar-refractivity contribution < 1.29 is 15.3 Å². The number of hydrogen-bond acceptors (Lipinski definition) is 3. The molecule has 3 N–H and O–H groups in total. The molecule has 0 aliphatic carbocycles. The SMILES string of the molecule is CC(C)(C)C(O)C(O)(CO)C(C)(C)C. The predicted octanol–water partition coefficient (Wildman–Crippen LogP) is 1.16. The van der Waals surface area contributed by atoms with Gasteiger partial charge in [-0.15, -0.1) is 0 Å². The molecule has 0 heterocycles. The maximum Gasteiger partial charge on any atom is 0.119 e. The molecule has 0 amide bonds. The van der Waals surface area contributed by atoms with E-state index in [1.165, 1.54) is 0 Å². The molecule has 3 nitrogen and oxygen atoms in total. The number of aliphatic hydroxyl groups is 3. The summed E-state index contributed by atoms with van der Waals surface area (Å²) >= 11 is 0. The third kappa shape index (κ3) is 2.47. The van der Waals surface area contributed by atoms with Crippen molar-refractivity contribution >= 4 is 0 Å². The first-order chi connectivity index (χ1) is 5.97. The Bertz CT molecular complexity index is 188. The van der Waals surface area contributed by atoms with Crippen LogP contribution in [0.2, 0.25) is 0 Å². The summed E-state index contributed by atoms with van der Waals surface area (Å²) in [6.45, 7) is 10.5. The largest absolute Gasteiger partial charge is 0.393 e. The molecular weight excluding hydrogens is 180 g/mol. The van der Waals surface area contributed by atoms with Crippen LogP contribution in [0.1, 0.15) is 41.5 Å². The van der Waals surface area contributed by atoms with E-state index in [-0.39, 0.29) is 0 Å². The molecule has 0 saturated heterocycles. The molecule has 86 valence electrons. The van der Waals surface area contributed by atoms with Gasteiger partial charge in [0.15, 0.2) is 0 Å². The van der Waals surface area contributed by atoms with Crippen LogP contribution >= 0.6 is 0 Å². The standard InChI is InChI=1S/C11H24O3/c1-9(2,3)8(13)11(14,7-12)10(4,5)6/h8,12-14H,7H2,1-6H3. The molecule has 0 aliphatic rings. The maximum absolute atomic E-state index is 10.3. The average molecular weight is 204 g/mol. The summed E-state index contributed by atoms with van der Waals surface area (Å²) in [6.07, 6.45) is -0.958. The first-order valence-electron chi connectivity index (χ1n) is 4.98. The molecule has 0 aromatic rings. The summed E-state index contributed by atoms with van der Waals surface area (Å²) in [5.41, 5.74) is -2.48. The molecule has 0 aromatic carbocycles. The zero-order valence-corrected chi connectivity index (χ0v) is 10.1. The first-order valence-corrected chi connectivity index (χ1v) is 4.98. The van der Waals surface area contributed by atoms with Gasteiger partial charge in [-0.05, 0) is 10.8 Å². The van der Waals surface area contributed by atoms with Gasteiger partial charge in [-0.1, -0.05) is 41.5 Å². The van der Waals surface area contributed by atoms with E-state index in [0.717, 1.165) is 0 Å². The van der Waals surface area contributed by atoms with Gasteiger partial charge in [0, 0.05) is 0 Å². The van der Waals surface area contributed by atoms with Gasteiger partial charge in [0.25, 0.3) is 0 Å². The number of hydrogen-bond donors (Lipinski definition) is 3. The fourth-order valence-corrected chi connectivity index (χ4v) is 1.45. The summed E-state index contributed by atoms with van der Waals surface area (Å²) in [7, 11) is 0. The Hall–Kier alpha value is -0.120. The topological polar surface area (TPSA) is 60.7 Å². The second kappa shape index (κ2) is 3.80. The highest BCUT2D eigenvalue weighted by Gasteiger charge is 2.49. The second-order valence-corrected chi connectivity index (χ2v) is 6.10. The Labute approximate surface area is 86.8 Å². The van der Waals surface area contributed by atoms with Gasteiger partial charge >= 0.3 is 0 Å². The molecule has 3 heteroatoms. The molecule has 2 unspecified atom stereocenters. The van der Waals surface area contributed by atoms with Crippen LogP contribution in [-0.2, 0) is 0 Å². The fraction of sp³-hybridized carbons (Fsp3) is 1.00. The second-order valence-electron chi connectivity index (χ2n) is 6.10. The highest BCUT2D eigenvalue weighted by Crippen LogP contribution is 2.39. The maximum atomic E-state index is 10.3. The van der Waals surface area contributed by atoms with Crippen molar-refractivity contribution in [1.29, 1.82) is 0 Å². The first kappa shape index (κ1) is 13.9. The van der Waals surface area contributed by atoms with Crippen LogP contribution in [0.25, 0.3) is 0 Å². The summed E-state index contributed by atoms with van der Waals surface area (Å²) < 4.78 is 0. The van der Waals surface area contributed by atoms with E-state index in [9.17, 15) is 15.3 Å². The minimum atomic E-state index is -1.47. The quantitative estimate of drug-likeness (QED) is 0.632. The van der Waals surface area contributed by atoms with Crippen molar-refractivity contribution in [3.05, 3.63) is 0 Å². The molecule has 0 aliphatic heterocycles. The lowest BCUT2D eigenvalue weighted by atomic mass is 9.67. The zero-order valence-electron chi connectivity index (χ0n) is 10.1. The summed E-state index contributed by atoms with van der Waals surface area (Å²) in [6, 6.07) is 0. The van der Waals surface area contributed by atoms with Crippen LogP contribution in [0.3, 0.4) is 0 Å². The Morgan fingerprint density at radius 2 is 1.36 bits per heavy atom. The van der Waals surface area contributed by atoms with E-state index in [2.05, 4.69) is 0 Å². The third-order valence-corrected chi connectivity index (χ3v) is 2.81. The highest BCUT2D eigenvalue weighted by molar-refractivity contribution is 5.00. The summed E-state index contributed by atoms with van der Waals surface area (Å²) in [4.78, 5) is 0. The summed E-state index contributed by atoms with van der Waals surface area (Å²) in [5.74, 6) is 0. The van der Waals surface area contributed by atoms with Crippen LogP contribution in [0.15, 0.2) is 0 Å². The molecule has 2 atom stereocenters. The lowest BCUT2D eigenvalue weighted by Crippen LogP contribution is -2.59. The third-order valence-electron chi connectivity index (χ3n) is 2.81. The van der Waals surface area contributed by atoms with Crippen LogP contribution in [-0.4, -0.2) is 33.6 Å². The van der Waals surface area contributed by atoms with Crippen molar-refractivity contribution in [2.45, 2.75) is 53.2 Å². The van der Waals surface area contributed by atoms with Crippen molar-refractivity contribution in [3.63, 3.8) is 0 Å². The Balaban J connectivity index is 5.07. The Morgan fingerprint density at radius 1 is 1.00 bits per heavy atom. The Morgan fingerprint density at radius 3 is 1.43 bits per heavy atom. The molecule has 0 bridgehead atoms. The van der Waals surface area contributed by atoms with E-state index < -0.39 is 29.1 Å². The van der Waals surface area contributed by atoms with Crippen LogP contribution < -0.4 is 0 Å². The van der Waals surface area contributed by atoms with E-state index in [1.807, 2.05) is 20.8 Å². The van der Waals surface area contributed by atoms with Crippen molar-refractivity contribution in [1.82, 2.24) is 0 Å². The van der Waals surface area contributed by atoms with Crippen LogP contribution in [0.5, 0.6) is 0 Å². The number of aliphatic hydroxyl groups excluding tert-OH is 2. The van der Waals surface area contributed by atoms with Gasteiger partial charge in [0.1, 0.15) is 5.60 Å². The Kier molecular flexibility index (Phi) is 3.76. The molecule has 0 aromatic heterocycles. The van der Waals surface area contributed by atoms with E-state index in [0.29, 0.717) is 0 Å². The van der Waals surface area contributed by atoms with Crippen LogP contribution in [0, 0.1) is 10.8 Å². The highest BCUT2D eigenvalue weighted by atomic mass is 16.4. The zero-order chi connectivity index (χ0) is 11.8. The summed E-state index contributed by atoms with van der Waals surface area (Å²) in [5, 5.41) is 29.5. The van der Waals surface area contributed by atoms with Gasteiger partial charge < -0.3 is 15.3 Å². The molecule has 0 rings (SSSR count). The number of rotatable bonds is 2. The normalized spacial score (nSPS) is 20.4. The smallest absolute Gasteiger partial charge is 0.119 e. The molecule has 0 saturated carbocycles. The van der Waals surface area contributed by atoms with Crippen molar-refractivity contribution in [3.8, 4) is 0 Å². The average Bonchev–Trinajstić information content (AvgIpc) is 1.97. The van der Waals surface area contributed by atoms with Gasteiger partial charge in [-0.25, -0.2) is 0 Å². The van der Waals surface area contributed by atoms with Gasteiger partial charge in [0.2, 0.25) is 0 Å². The minimum absolute atomic E-state index is 0.436. The van der Waals surface area contributed by atoms with Crippen LogP contribution in [0.4, 0.5) is 0 Å². The van der Waals surface area contributed by atoms with Gasteiger partial charge in [0.05, 0.1) is 12.7 Å². The minimum Gasteiger partial charge on any atom is -0.393 e. The van der Waals surface area contributed by atoms with Crippen molar-refractivity contribution in [2.75, 3.05) is 6.61 Å². The van der Waals surface area contributed by atoms with Crippen molar-refractivity contribution in [2.24, 2.45) is 10.8 Å². The molecule has 14 heavy (non-hydrogen) atoms. The lowest BCUT2D eigenvalue weighted by Gasteiger charge is -2.47. The van der Waals surface area contributed by atoms with E-state index in [4.69, 9.17) is 0 Å². The monoisotopic (exact) mass is 204 g/mol. The van der Waals surface area contributed by atoms with E-state index >= 15 is 0 Å². The van der Waals surface area contributed by atoms with E-state index in [1.54, 1.807) is 20.8 Å². The fourth-order valence-electron chi connectivity index (χ4n) is 1.45. The molecule has 0 fully saturated rings. The molecular formula is C11H24O3. The molecule has 0 radical (unpaired) electrons. The lowest BCUT2D eigenvalue weighted by molar-refractivity contribution is -0.194. The van der Waals surface area contributed by atoms with Gasteiger partial charge in [-0.2, -0.15) is 0 Å². The van der Waals surface area contributed by atoms with Gasteiger partial charge in [-0.3, -0.25) is 0 Å². The predicted molar refractivity (Wildman–Crippen MR) is 57.0 cm³/mol. The molecule has 0 spiro atoms.